The molecule has 9 heteroatoms. The highest BCUT2D eigenvalue weighted by atomic mass is 32.2. The first-order valence-corrected chi connectivity index (χ1v) is 9.69. The summed E-state index contributed by atoms with van der Waals surface area (Å²) in [5, 5.41) is -0.569. The number of imide groups is 1. The summed E-state index contributed by atoms with van der Waals surface area (Å²) in [6, 6.07) is 5.51. The molecule has 0 saturated carbocycles. The molecule has 1 fully saturated rings. The minimum Gasteiger partial charge on any atom is -0.462 e. The molecule has 146 valence electrons. The van der Waals surface area contributed by atoms with Crippen molar-refractivity contribution in [3.63, 3.8) is 0 Å². The summed E-state index contributed by atoms with van der Waals surface area (Å²) >= 11 is 1.22. The predicted molar refractivity (Wildman–Crippen MR) is 99.1 cm³/mol. The van der Waals surface area contributed by atoms with Crippen molar-refractivity contribution in [3.8, 4) is 0 Å². The lowest BCUT2D eigenvalue weighted by molar-refractivity contribution is -0.401. The second-order valence-corrected chi connectivity index (χ2v) is 7.05. The van der Waals surface area contributed by atoms with Gasteiger partial charge in [-0.15, -0.1) is 11.8 Å². The number of nitrogens with zero attached hydrogens (tertiary/aromatic N) is 1. The van der Waals surface area contributed by atoms with Gasteiger partial charge in [0.2, 0.25) is 11.8 Å². The number of carbonyl (C=O) groups is 4. The van der Waals surface area contributed by atoms with E-state index >= 15 is 0 Å². The second kappa shape index (κ2) is 9.52. The maximum absolute atomic E-state index is 12.6. The van der Waals surface area contributed by atoms with Crippen molar-refractivity contribution in [3.05, 3.63) is 29.8 Å². The van der Waals surface area contributed by atoms with Crippen LogP contribution in [0.4, 0.5) is 5.69 Å². The molecule has 2 unspecified atom stereocenters. The van der Waals surface area contributed by atoms with Crippen molar-refractivity contribution in [1.29, 1.82) is 0 Å². The van der Waals surface area contributed by atoms with E-state index in [1.54, 1.807) is 13.8 Å². The molecule has 0 spiro atoms. The lowest BCUT2D eigenvalue weighted by Gasteiger charge is -2.15. The topological polar surface area (TPSA) is 118 Å². The highest BCUT2D eigenvalue weighted by molar-refractivity contribution is 8.00. The highest BCUT2D eigenvalue weighted by Gasteiger charge is 2.40. The summed E-state index contributed by atoms with van der Waals surface area (Å²) in [5.41, 5.74) is 4.48. The Morgan fingerprint density at radius 1 is 1.19 bits per heavy atom. The number of thioether (sulfide) groups is 1. The van der Waals surface area contributed by atoms with Crippen molar-refractivity contribution in [2.24, 2.45) is 0 Å². The van der Waals surface area contributed by atoms with Crippen molar-refractivity contribution < 1.29 is 34.4 Å². The van der Waals surface area contributed by atoms with Crippen LogP contribution in [-0.4, -0.2) is 54.0 Å². The number of rotatable bonds is 8. The third-order valence-corrected chi connectivity index (χ3v) is 5.23. The molecule has 3 N–H and O–H groups in total. The summed E-state index contributed by atoms with van der Waals surface area (Å²) in [4.78, 5) is 49.3. The summed E-state index contributed by atoms with van der Waals surface area (Å²) in [5.74, 6) is -1.26. The van der Waals surface area contributed by atoms with Crippen LogP contribution < -0.4 is 10.6 Å². The normalized spacial score (nSPS) is 17.7. The molecule has 1 heterocycles. The number of ether oxygens (including phenoxy) is 2. The molecule has 2 rings (SSSR count). The number of hydrogen-bond donors (Lipinski definition) is 1. The molecule has 2 amide bonds. The predicted octanol–water partition coefficient (Wildman–Crippen LogP) is 0.402. The largest absolute Gasteiger partial charge is 0.462 e. The average molecular weight is 395 g/mol. The van der Waals surface area contributed by atoms with Gasteiger partial charge in [-0.1, -0.05) is 0 Å². The molecule has 27 heavy (non-hydrogen) atoms. The SMILES string of the molecule is CCOC(=O)c1ccc(N2C(=O)CC(SCC([NH3+])C(=O)OCC)C2=O)cc1. The fraction of sp³-hybridized carbons (Fsp3) is 0.444. The Hall–Kier alpha value is -2.39. The van der Waals surface area contributed by atoms with Crippen LogP contribution in [0.5, 0.6) is 0 Å². The van der Waals surface area contributed by atoms with E-state index in [0.717, 1.165) is 4.90 Å². The second-order valence-electron chi connectivity index (χ2n) is 5.81. The fourth-order valence-electron chi connectivity index (χ4n) is 2.53. The Morgan fingerprint density at radius 2 is 1.81 bits per heavy atom. The van der Waals surface area contributed by atoms with Gasteiger partial charge in [-0.25, -0.2) is 14.5 Å². The molecule has 1 aromatic carbocycles. The number of hydrogen-bond acceptors (Lipinski definition) is 7. The zero-order valence-electron chi connectivity index (χ0n) is 15.3. The number of carbonyl (C=O) groups excluding carboxylic acids is 4. The first-order chi connectivity index (χ1) is 12.9. The van der Waals surface area contributed by atoms with Crippen LogP contribution in [0.1, 0.15) is 30.6 Å². The van der Waals surface area contributed by atoms with E-state index in [1.807, 2.05) is 0 Å². The zero-order chi connectivity index (χ0) is 20.0. The average Bonchev–Trinajstić information content (AvgIpc) is 2.93. The molecule has 1 aliphatic heterocycles. The number of quaternary nitrogens is 1. The molecule has 1 aliphatic rings. The summed E-state index contributed by atoms with van der Waals surface area (Å²) in [6.07, 6.45) is 0.0542. The van der Waals surface area contributed by atoms with Gasteiger partial charge in [-0.3, -0.25) is 9.59 Å². The van der Waals surface area contributed by atoms with Gasteiger partial charge in [0, 0.05) is 6.42 Å². The van der Waals surface area contributed by atoms with Crippen molar-refractivity contribution in [2.75, 3.05) is 23.9 Å². The van der Waals surface area contributed by atoms with Gasteiger partial charge in [-0.2, -0.15) is 0 Å². The lowest BCUT2D eigenvalue weighted by Crippen LogP contribution is -2.66. The Bertz CT molecular complexity index is 721. The Labute approximate surface area is 161 Å². The Morgan fingerprint density at radius 3 is 2.41 bits per heavy atom. The maximum Gasteiger partial charge on any atom is 0.365 e. The molecule has 8 nitrogen and oxygen atoms in total. The molecular weight excluding hydrogens is 372 g/mol. The molecule has 0 bridgehead atoms. The highest BCUT2D eigenvalue weighted by Crippen LogP contribution is 2.30. The van der Waals surface area contributed by atoms with Crippen LogP contribution in [0.25, 0.3) is 0 Å². The summed E-state index contributed by atoms with van der Waals surface area (Å²) in [7, 11) is 0. The van der Waals surface area contributed by atoms with Crippen molar-refractivity contribution >= 4 is 41.2 Å². The van der Waals surface area contributed by atoms with E-state index in [-0.39, 0.29) is 37.2 Å². The number of esters is 2. The van der Waals surface area contributed by atoms with Gasteiger partial charge in [-0.05, 0) is 38.1 Å². The van der Waals surface area contributed by atoms with E-state index < -0.39 is 23.2 Å². The van der Waals surface area contributed by atoms with Gasteiger partial charge < -0.3 is 15.2 Å². The maximum atomic E-state index is 12.6. The van der Waals surface area contributed by atoms with Crippen LogP contribution in [0.2, 0.25) is 0 Å². The lowest BCUT2D eigenvalue weighted by atomic mass is 10.2. The molecule has 1 saturated heterocycles. The van der Waals surface area contributed by atoms with Gasteiger partial charge in [0.25, 0.3) is 0 Å². The van der Waals surface area contributed by atoms with Gasteiger partial charge in [0.1, 0.15) is 0 Å². The zero-order valence-corrected chi connectivity index (χ0v) is 16.1. The Kier molecular flexibility index (Phi) is 7.37. The van der Waals surface area contributed by atoms with Gasteiger partial charge in [0.05, 0.1) is 35.5 Å². The smallest absolute Gasteiger partial charge is 0.365 e. The fourth-order valence-corrected chi connectivity index (χ4v) is 3.64. The van der Waals surface area contributed by atoms with Crippen LogP contribution in [0, 0.1) is 0 Å². The molecule has 1 aromatic rings. The standard InChI is InChI=1S/C18H22N2O6S/c1-3-25-17(23)11-5-7-12(8-6-11)20-15(21)9-14(16(20)22)27-10-13(19)18(24)26-4-2/h5-8,13-14H,3-4,9-10,19H2,1-2H3/p+1. The molecular formula is C18H23N2O6S+. The van der Waals surface area contributed by atoms with E-state index in [2.05, 4.69) is 5.73 Å². The van der Waals surface area contributed by atoms with E-state index in [4.69, 9.17) is 9.47 Å². The van der Waals surface area contributed by atoms with E-state index in [1.165, 1.54) is 36.0 Å². The third-order valence-electron chi connectivity index (χ3n) is 3.86. The first kappa shape index (κ1) is 20.9. The minimum atomic E-state index is -0.601. The van der Waals surface area contributed by atoms with Crippen LogP contribution in [0.3, 0.4) is 0 Å². The number of amides is 2. The van der Waals surface area contributed by atoms with Crippen molar-refractivity contribution in [2.45, 2.75) is 31.6 Å². The van der Waals surface area contributed by atoms with E-state index in [0.29, 0.717) is 11.3 Å². The molecule has 0 aromatic heterocycles. The summed E-state index contributed by atoms with van der Waals surface area (Å²) < 4.78 is 9.80. The molecule has 2 atom stereocenters. The monoisotopic (exact) mass is 395 g/mol. The minimum absolute atomic E-state index is 0.0542. The van der Waals surface area contributed by atoms with Crippen molar-refractivity contribution in [1.82, 2.24) is 0 Å². The van der Waals surface area contributed by atoms with Gasteiger partial charge >= 0.3 is 11.9 Å². The molecule has 0 aliphatic carbocycles. The van der Waals surface area contributed by atoms with Gasteiger partial charge in [0.15, 0.2) is 6.04 Å². The van der Waals surface area contributed by atoms with Crippen LogP contribution in [-0.2, 0) is 23.9 Å². The van der Waals surface area contributed by atoms with Crippen LogP contribution >= 0.6 is 11.8 Å². The third kappa shape index (κ3) is 5.08. The van der Waals surface area contributed by atoms with Crippen LogP contribution in [0.15, 0.2) is 24.3 Å². The van der Waals surface area contributed by atoms with E-state index in [9.17, 15) is 19.2 Å². The summed E-state index contributed by atoms with van der Waals surface area (Å²) in [6.45, 7) is 3.96. The number of anilines is 1. The quantitative estimate of drug-likeness (QED) is 0.500. The number of benzene rings is 1. The molecule has 0 radical (unpaired) electrons. The first-order valence-electron chi connectivity index (χ1n) is 8.64. The Balaban J connectivity index is 2.01.